The number of fused-ring (bicyclic) bond motifs is 2. The van der Waals surface area contributed by atoms with Crippen LogP contribution in [-0.4, -0.2) is 82.3 Å². The molecule has 1 aliphatic carbocycles. The van der Waals surface area contributed by atoms with Crippen LogP contribution in [0, 0.1) is 0 Å². The number of aryl methyl sites for hydroxylation is 1. The fourth-order valence-corrected chi connectivity index (χ4v) is 5.71. The Morgan fingerprint density at radius 2 is 1.95 bits per heavy atom. The van der Waals surface area contributed by atoms with Crippen molar-refractivity contribution in [1.29, 1.82) is 0 Å². The molecule has 10 nitrogen and oxygen atoms in total. The first-order valence-corrected chi connectivity index (χ1v) is 14.0. The van der Waals surface area contributed by atoms with Crippen LogP contribution < -0.4 is 5.32 Å². The number of carbonyl (C=O) groups excluding carboxylic acids is 2. The fourth-order valence-electron chi connectivity index (χ4n) is 5.53. The van der Waals surface area contributed by atoms with Crippen LogP contribution in [0.2, 0.25) is 5.02 Å². The van der Waals surface area contributed by atoms with Gasteiger partial charge in [-0.2, -0.15) is 0 Å². The maximum atomic E-state index is 12.9. The zero-order valence-electron chi connectivity index (χ0n) is 23.7. The molecule has 11 heteroatoms. The number of carbonyl (C=O) groups is 2. The molecule has 2 amide bonds. The molecule has 0 saturated carbocycles. The van der Waals surface area contributed by atoms with Gasteiger partial charge in [0.05, 0.1) is 42.1 Å². The summed E-state index contributed by atoms with van der Waals surface area (Å²) in [5.41, 5.74) is 5.45. The third-order valence-corrected chi connectivity index (χ3v) is 7.61. The van der Waals surface area contributed by atoms with E-state index in [1.807, 2.05) is 55.8 Å². The Kier molecular flexibility index (Phi) is 8.72. The Balaban J connectivity index is 1.59. The number of hydrogen-bond acceptors (Lipinski definition) is 7. The van der Waals surface area contributed by atoms with Crippen molar-refractivity contribution in [2.75, 3.05) is 39.9 Å². The van der Waals surface area contributed by atoms with Crippen molar-refractivity contribution in [2.24, 2.45) is 7.05 Å². The summed E-state index contributed by atoms with van der Waals surface area (Å²) in [5, 5.41) is 3.76. The molecule has 1 N–H and O–H groups in total. The SMILES string of the molecule is COCC(=O)NC(C1=Cc2cc(Cl)ccc2C(N2CCN(C(=O)OC(C)C)CC2)c2ncccc21)c1cncn1C. The molecule has 0 radical (unpaired) electrons. The third-order valence-electron chi connectivity index (χ3n) is 7.38. The van der Waals surface area contributed by atoms with Crippen molar-refractivity contribution in [1.82, 2.24) is 29.7 Å². The Bertz CT molecular complexity index is 1450. The van der Waals surface area contributed by atoms with Crippen LogP contribution >= 0.6 is 11.6 Å². The number of methoxy groups -OCH3 is 1. The molecular formula is C30H35ClN6O4. The number of amides is 2. The first-order chi connectivity index (χ1) is 19.8. The molecule has 1 fully saturated rings. The molecule has 1 aliphatic heterocycles. The first kappa shape index (κ1) is 28.8. The summed E-state index contributed by atoms with van der Waals surface area (Å²) in [5.74, 6) is -0.249. The van der Waals surface area contributed by atoms with E-state index in [-0.39, 0.29) is 30.8 Å². The Hall–Kier alpha value is -3.73. The van der Waals surface area contributed by atoms with Gasteiger partial charge in [0.15, 0.2) is 0 Å². The molecule has 2 unspecified atom stereocenters. The second-order valence-corrected chi connectivity index (χ2v) is 11.0. The standard InChI is InChI=1S/C30H35ClN6O4/c1-19(2)41-30(39)37-12-10-36(11-13-37)29-22-8-7-21(31)14-20(22)15-24(23-6-5-9-33-28(23)29)27(34-26(38)17-40-4)25-16-32-18-35(25)3/h5-9,14-16,18-19,27,29H,10-13,17H2,1-4H3,(H,34,38). The van der Waals surface area contributed by atoms with Crippen molar-refractivity contribution in [2.45, 2.75) is 32.0 Å². The summed E-state index contributed by atoms with van der Waals surface area (Å²) >= 11 is 6.53. The quantitative estimate of drug-likeness (QED) is 0.451. The maximum absolute atomic E-state index is 12.9. The fraction of sp³-hybridized carbons (Fsp3) is 0.400. The summed E-state index contributed by atoms with van der Waals surface area (Å²) in [7, 11) is 3.39. The molecule has 5 rings (SSSR count). The van der Waals surface area contributed by atoms with Gasteiger partial charge in [-0.1, -0.05) is 23.7 Å². The molecule has 216 valence electrons. The van der Waals surface area contributed by atoms with E-state index in [1.165, 1.54) is 7.11 Å². The van der Waals surface area contributed by atoms with Gasteiger partial charge < -0.3 is 24.3 Å². The molecule has 2 aliphatic rings. The lowest BCUT2D eigenvalue weighted by Crippen LogP contribution is -2.50. The van der Waals surface area contributed by atoms with Gasteiger partial charge in [0.25, 0.3) is 0 Å². The largest absolute Gasteiger partial charge is 0.447 e. The first-order valence-electron chi connectivity index (χ1n) is 13.7. The Labute approximate surface area is 244 Å². The molecule has 3 aromatic rings. The molecule has 0 spiro atoms. The van der Waals surface area contributed by atoms with E-state index in [0.29, 0.717) is 31.2 Å². The van der Waals surface area contributed by atoms with Crippen molar-refractivity contribution in [3.05, 3.63) is 82.2 Å². The predicted molar refractivity (Wildman–Crippen MR) is 156 cm³/mol. The van der Waals surface area contributed by atoms with E-state index in [0.717, 1.165) is 33.7 Å². The van der Waals surface area contributed by atoms with Gasteiger partial charge in [0.2, 0.25) is 5.91 Å². The summed E-state index contributed by atoms with van der Waals surface area (Å²) in [6.07, 6.45) is 6.89. The van der Waals surface area contributed by atoms with Gasteiger partial charge in [-0.3, -0.25) is 14.7 Å². The number of benzene rings is 1. The molecule has 3 heterocycles. The summed E-state index contributed by atoms with van der Waals surface area (Å²) in [4.78, 5) is 38.8. The minimum Gasteiger partial charge on any atom is -0.447 e. The number of rotatable bonds is 7. The number of ether oxygens (including phenoxy) is 2. The molecule has 2 atom stereocenters. The summed E-state index contributed by atoms with van der Waals surface area (Å²) in [6, 6.07) is 9.11. The normalized spacial score (nSPS) is 17.8. The lowest BCUT2D eigenvalue weighted by molar-refractivity contribution is -0.125. The van der Waals surface area contributed by atoms with Gasteiger partial charge >= 0.3 is 6.09 Å². The number of piperazine rings is 1. The third kappa shape index (κ3) is 6.14. The highest BCUT2D eigenvalue weighted by Crippen LogP contribution is 2.43. The number of nitrogens with one attached hydrogen (secondary N) is 1. The lowest BCUT2D eigenvalue weighted by atomic mass is 9.92. The topological polar surface area (TPSA) is 102 Å². The van der Waals surface area contributed by atoms with Gasteiger partial charge in [0, 0.05) is 57.1 Å². The number of aromatic nitrogens is 3. The van der Waals surface area contributed by atoms with Crippen molar-refractivity contribution >= 4 is 35.3 Å². The minimum atomic E-state index is -0.527. The number of hydrogen-bond donors (Lipinski definition) is 1. The molecular weight excluding hydrogens is 544 g/mol. The van der Waals surface area contributed by atoms with E-state index in [1.54, 1.807) is 23.6 Å². The van der Waals surface area contributed by atoms with Crippen LogP contribution in [0.1, 0.15) is 54.0 Å². The number of halogens is 1. The van der Waals surface area contributed by atoms with Crippen molar-refractivity contribution in [3.8, 4) is 0 Å². The van der Waals surface area contributed by atoms with E-state index in [9.17, 15) is 9.59 Å². The average Bonchev–Trinajstić information content (AvgIpc) is 3.31. The average molecular weight is 579 g/mol. The summed E-state index contributed by atoms with van der Waals surface area (Å²) < 4.78 is 12.4. The monoisotopic (exact) mass is 578 g/mol. The highest BCUT2D eigenvalue weighted by atomic mass is 35.5. The van der Waals surface area contributed by atoms with Crippen LogP contribution in [0.15, 0.2) is 49.1 Å². The molecule has 1 saturated heterocycles. The lowest BCUT2D eigenvalue weighted by Gasteiger charge is -2.39. The van der Waals surface area contributed by atoms with E-state index in [2.05, 4.69) is 21.3 Å². The van der Waals surface area contributed by atoms with Gasteiger partial charge in [0.1, 0.15) is 6.61 Å². The van der Waals surface area contributed by atoms with Crippen LogP contribution in [0.25, 0.3) is 11.6 Å². The summed E-state index contributed by atoms with van der Waals surface area (Å²) in [6.45, 7) is 5.99. The van der Waals surface area contributed by atoms with Crippen LogP contribution in [0.3, 0.4) is 0 Å². The van der Waals surface area contributed by atoms with Crippen LogP contribution in [0.4, 0.5) is 4.79 Å². The zero-order valence-corrected chi connectivity index (χ0v) is 24.5. The molecule has 0 bridgehead atoms. The Morgan fingerprint density at radius 1 is 1.17 bits per heavy atom. The molecule has 41 heavy (non-hydrogen) atoms. The Morgan fingerprint density at radius 3 is 2.63 bits per heavy atom. The van der Waals surface area contributed by atoms with Gasteiger partial charge in [-0.15, -0.1) is 0 Å². The van der Waals surface area contributed by atoms with Crippen molar-refractivity contribution < 1.29 is 19.1 Å². The maximum Gasteiger partial charge on any atom is 0.410 e. The second-order valence-electron chi connectivity index (χ2n) is 10.5. The highest BCUT2D eigenvalue weighted by Gasteiger charge is 2.36. The minimum absolute atomic E-state index is 0.0733. The number of pyridine rings is 1. The van der Waals surface area contributed by atoms with Crippen molar-refractivity contribution in [3.63, 3.8) is 0 Å². The van der Waals surface area contributed by atoms with Crippen LogP contribution in [-0.2, 0) is 21.3 Å². The number of imidazole rings is 1. The number of nitrogens with zero attached hydrogens (tertiary/aromatic N) is 5. The van der Waals surface area contributed by atoms with Gasteiger partial charge in [-0.25, -0.2) is 9.78 Å². The molecule has 1 aromatic carbocycles. The van der Waals surface area contributed by atoms with E-state index in [4.69, 9.17) is 26.1 Å². The molecule has 2 aromatic heterocycles. The zero-order chi connectivity index (χ0) is 29.1. The predicted octanol–water partition coefficient (Wildman–Crippen LogP) is 4.08. The van der Waals surface area contributed by atoms with Crippen LogP contribution in [0.5, 0.6) is 0 Å². The second kappa shape index (κ2) is 12.4. The van der Waals surface area contributed by atoms with E-state index >= 15 is 0 Å². The smallest absolute Gasteiger partial charge is 0.410 e. The van der Waals surface area contributed by atoms with E-state index < -0.39 is 6.04 Å². The highest BCUT2D eigenvalue weighted by molar-refractivity contribution is 6.30. The van der Waals surface area contributed by atoms with Gasteiger partial charge in [-0.05, 0) is 54.8 Å².